The molecule has 1 amide bonds. The predicted molar refractivity (Wildman–Crippen MR) is 56.9 cm³/mol. The summed E-state index contributed by atoms with van der Waals surface area (Å²) in [6.07, 6.45) is 0. The van der Waals surface area contributed by atoms with E-state index in [0.717, 1.165) is 17.0 Å². The third kappa shape index (κ3) is 2.82. The van der Waals surface area contributed by atoms with Gasteiger partial charge in [0.05, 0.1) is 5.69 Å². The van der Waals surface area contributed by atoms with Crippen LogP contribution in [-0.2, 0) is 22.7 Å². The Morgan fingerprint density at radius 2 is 2.06 bits per heavy atom. The molecule has 0 spiro atoms. The molecule has 88 valence electrons. The van der Waals surface area contributed by atoms with E-state index in [2.05, 4.69) is 10.4 Å². The molecule has 6 heteroatoms. The largest absolute Gasteiger partial charge is 0.480 e. The van der Waals surface area contributed by atoms with Gasteiger partial charge in [-0.25, -0.2) is 0 Å². The lowest BCUT2D eigenvalue weighted by Gasteiger charge is -2.03. The Labute approximate surface area is 93.3 Å². The topological polar surface area (TPSA) is 84.2 Å². The molecule has 16 heavy (non-hydrogen) atoms. The van der Waals surface area contributed by atoms with E-state index in [4.69, 9.17) is 5.11 Å². The summed E-state index contributed by atoms with van der Waals surface area (Å²) < 4.78 is 1.43. The summed E-state index contributed by atoms with van der Waals surface area (Å²) in [5.41, 5.74) is 2.39. The second-order valence-electron chi connectivity index (χ2n) is 3.61. The van der Waals surface area contributed by atoms with Gasteiger partial charge in [-0.05, 0) is 13.8 Å². The molecule has 1 aromatic heterocycles. The Morgan fingerprint density at radius 1 is 1.44 bits per heavy atom. The van der Waals surface area contributed by atoms with Crippen molar-refractivity contribution >= 4 is 11.9 Å². The van der Waals surface area contributed by atoms with Crippen LogP contribution in [0.15, 0.2) is 0 Å². The molecule has 0 aliphatic rings. The molecule has 0 aliphatic heterocycles. The highest BCUT2D eigenvalue weighted by Gasteiger charge is 2.13. The molecule has 1 aromatic rings. The average Bonchev–Trinajstić information content (AvgIpc) is 2.39. The SMILES string of the molecule is CC(=O)NCc1c(C)nn(CC(=O)O)c1C. The number of nitrogens with one attached hydrogen (secondary N) is 1. The highest BCUT2D eigenvalue weighted by atomic mass is 16.4. The highest BCUT2D eigenvalue weighted by molar-refractivity contribution is 5.72. The summed E-state index contributed by atoms with van der Waals surface area (Å²) >= 11 is 0. The van der Waals surface area contributed by atoms with Gasteiger partial charge in [0.1, 0.15) is 6.54 Å². The number of carboxylic acids is 1. The summed E-state index contributed by atoms with van der Waals surface area (Å²) in [7, 11) is 0. The zero-order valence-corrected chi connectivity index (χ0v) is 9.57. The molecular weight excluding hydrogens is 210 g/mol. The first-order chi connectivity index (χ1) is 7.41. The minimum absolute atomic E-state index is 0.121. The Bertz CT molecular complexity index is 423. The third-order valence-corrected chi connectivity index (χ3v) is 2.33. The molecule has 0 bridgehead atoms. The van der Waals surface area contributed by atoms with E-state index in [1.54, 1.807) is 13.8 Å². The molecule has 0 radical (unpaired) electrons. The van der Waals surface area contributed by atoms with Crippen molar-refractivity contribution in [2.75, 3.05) is 0 Å². The number of carbonyl (C=O) groups is 2. The first kappa shape index (κ1) is 12.2. The summed E-state index contributed by atoms with van der Waals surface area (Å²) in [6, 6.07) is 0. The Kier molecular flexibility index (Phi) is 3.65. The minimum atomic E-state index is -0.934. The van der Waals surface area contributed by atoms with Crippen molar-refractivity contribution in [3.8, 4) is 0 Å². The van der Waals surface area contributed by atoms with Gasteiger partial charge in [0.15, 0.2) is 0 Å². The van der Waals surface area contributed by atoms with Crippen LogP contribution in [0.25, 0.3) is 0 Å². The number of hydrogen-bond acceptors (Lipinski definition) is 3. The number of aryl methyl sites for hydroxylation is 1. The smallest absolute Gasteiger partial charge is 0.325 e. The summed E-state index contributed by atoms with van der Waals surface area (Å²) in [4.78, 5) is 21.4. The van der Waals surface area contributed by atoms with Gasteiger partial charge in [-0.1, -0.05) is 0 Å². The number of aliphatic carboxylic acids is 1. The summed E-state index contributed by atoms with van der Waals surface area (Å²) in [6.45, 7) is 5.24. The Morgan fingerprint density at radius 3 is 2.56 bits per heavy atom. The zero-order chi connectivity index (χ0) is 12.3. The van der Waals surface area contributed by atoms with Crippen LogP contribution >= 0.6 is 0 Å². The van der Waals surface area contributed by atoms with E-state index in [1.807, 2.05) is 0 Å². The van der Waals surface area contributed by atoms with Crippen LogP contribution in [0, 0.1) is 13.8 Å². The normalized spacial score (nSPS) is 10.2. The van der Waals surface area contributed by atoms with Gasteiger partial charge in [0.25, 0.3) is 0 Å². The first-order valence-corrected chi connectivity index (χ1v) is 4.91. The van der Waals surface area contributed by atoms with Crippen LogP contribution in [-0.4, -0.2) is 26.8 Å². The third-order valence-electron chi connectivity index (χ3n) is 2.33. The standard InChI is InChI=1S/C10H15N3O3/c1-6-9(4-11-8(3)14)7(2)13(12-6)5-10(15)16/h4-5H2,1-3H3,(H,11,14)(H,15,16). The van der Waals surface area contributed by atoms with Gasteiger partial charge in [-0.2, -0.15) is 5.10 Å². The lowest BCUT2D eigenvalue weighted by Crippen LogP contribution is -2.20. The van der Waals surface area contributed by atoms with Crippen LogP contribution in [0.3, 0.4) is 0 Å². The monoisotopic (exact) mass is 225 g/mol. The van der Waals surface area contributed by atoms with E-state index in [9.17, 15) is 9.59 Å². The molecule has 0 saturated carbocycles. The molecule has 0 atom stereocenters. The fraction of sp³-hybridized carbons (Fsp3) is 0.500. The molecule has 2 N–H and O–H groups in total. The van der Waals surface area contributed by atoms with Crippen molar-refractivity contribution < 1.29 is 14.7 Å². The molecule has 0 fully saturated rings. The Hall–Kier alpha value is -1.85. The number of rotatable bonds is 4. The minimum Gasteiger partial charge on any atom is -0.480 e. The van der Waals surface area contributed by atoms with Crippen molar-refractivity contribution in [1.29, 1.82) is 0 Å². The van der Waals surface area contributed by atoms with Crippen LogP contribution in [0.1, 0.15) is 23.9 Å². The molecule has 0 aliphatic carbocycles. The molecule has 0 aromatic carbocycles. The number of hydrogen-bond donors (Lipinski definition) is 2. The predicted octanol–water partition coefficient (Wildman–Crippen LogP) is 0.221. The van der Waals surface area contributed by atoms with Crippen molar-refractivity contribution in [2.24, 2.45) is 0 Å². The van der Waals surface area contributed by atoms with Crippen molar-refractivity contribution in [3.05, 3.63) is 17.0 Å². The highest BCUT2D eigenvalue weighted by Crippen LogP contribution is 2.12. The second-order valence-corrected chi connectivity index (χ2v) is 3.61. The average molecular weight is 225 g/mol. The van der Waals surface area contributed by atoms with Crippen molar-refractivity contribution in [1.82, 2.24) is 15.1 Å². The fourth-order valence-electron chi connectivity index (χ4n) is 1.48. The maximum atomic E-state index is 10.8. The first-order valence-electron chi connectivity index (χ1n) is 4.91. The van der Waals surface area contributed by atoms with Crippen LogP contribution in [0.5, 0.6) is 0 Å². The maximum absolute atomic E-state index is 10.8. The fourth-order valence-corrected chi connectivity index (χ4v) is 1.48. The number of carboxylic acid groups (broad SMARTS) is 1. The second kappa shape index (κ2) is 4.78. The molecule has 6 nitrogen and oxygen atoms in total. The van der Waals surface area contributed by atoms with Gasteiger partial charge in [-0.3, -0.25) is 14.3 Å². The van der Waals surface area contributed by atoms with Crippen LogP contribution in [0.2, 0.25) is 0 Å². The van der Waals surface area contributed by atoms with Crippen molar-refractivity contribution in [2.45, 2.75) is 33.9 Å². The number of carbonyl (C=O) groups excluding carboxylic acids is 1. The van der Waals surface area contributed by atoms with Gasteiger partial charge in [0, 0.05) is 24.7 Å². The number of nitrogens with zero attached hydrogens (tertiary/aromatic N) is 2. The Balaban J connectivity index is 2.88. The lowest BCUT2D eigenvalue weighted by atomic mass is 10.2. The van der Waals surface area contributed by atoms with Gasteiger partial charge >= 0.3 is 5.97 Å². The maximum Gasteiger partial charge on any atom is 0.325 e. The molecule has 0 unspecified atom stereocenters. The van der Waals surface area contributed by atoms with E-state index >= 15 is 0 Å². The summed E-state index contributed by atoms with van der Waals surface area (Å²) in [5, 5.41) is 15.5. The van der Waals surface area contributed by atoms with E-state index < -0.39 is 5.97 Å². The molecule has 1 heterocycles. The van der Waals surface area contributed by atoms with Gasteiger partial charge < -0.3 is 10.4 Å². The lowest BCUT2D eigenvalue weighted by molar-refractivity contribution is -0.138. The van der Waals surface area contributed by atoms with Crippen LogP contribution < -0.4 is 5.32 Å². The zero-order valence-electron chi connectivity index (χ0n) is 9.57. The quantitative estimate of drug-likeness (QED) is 0.767. The van der Waals surface area contributed by atoms with E-state index in [1.165, 1.54) is 11.6 Å². The van der Waals surface area contributed by atoms with Crippen LogP contribution in [0.4, 0.5) is 0 Å². The molecule has 0 saturated heterocycles. The van der Waals surface area contributed by atoms with E-state index in [0.29, 0.717) is 6.54 Å². The molecular formula is C10H15N3O3. The number of amides is 1. The number of aromatic nitrogens is 2. The van der Waals surface area contributed by atoms with Crippen molar-refractivity contribution in [3.63, 3.8) is 0 Å². The molecule has 1 rings (SSSR count). The summed E-state index contributed by atoms with van der Waals surface area (Å²) in [5.74, 6) is -1.05. The van der Waals surface area contributed by atoms with Gasteiger partial charge in [0.2, 0.25) is 5.91 Å². The van der Waals surface area contributed by atoms with E-state index in [-0.39, 0.29) is 12.5 Å². The van der Waals surface area contributed by atoms with Gasteiger partial charge in [-0.15, -0.1) is 0 Å².